The molecule has 0 radical (unpaired) electrons. The van der Waals surface area contributed by atoms with Gasteiger partial charge in [0.1, 0.15) is 5.82 Å². The van der Waals surface area contributed by atoms with Crippen LogP contribution < -0.4 is 21.9 Å². The van der Waals surface area contributed by atoms with Crippen molar-refractivity contribution in [2.24, 2.45) is 12.8 Å². The van der Waals surface area contributed by atoms with E-state index in [2.05, 4.69) is 15.6 Å². The third-order valence-corrected chi connectivity index (χ3v) is 5.76. The summed E-state index contributed by atoms with van der Waals surface area (Å²) in [4.78, 5) is 34.4. The summed E-state index contributed by atoms with van der Waals surface area (Å²) < 4.78 is 15.0. The summed E-state index contributed by atoms with van der Waals surface area (Å²) in [6.07, 6.45) is 3.81. The fourth-order valence-corrected chi connectivity index (χ4v) is 3.93. The van der Waals surface area contributed by atoms with Gasteiger partial charge in [-0.3, -0.25) is 19.1 Å². The number of hydrogen-bond donors (Lipinski definition) is 3. The maximum absolute atomic E-state index is 13.6. The fourth-order valence-electron chi connectivity index (χ4n) is 3.93. The summed E-state index contributed by atoms with van der Waals surface area (Å²) in [5.41, 5.74) is 8.32. The highest BCUT2D eigenvalue weighted by Crippen LogP contribution is 2.28. The van der Waals surface area contributed by atoms with Crippen LogP contribution in [0.5, 0.6) is 0 Å². The molecule has 1 amide bonds. The van der Waals surface area contributed by atoms with Gasteiger partial charge in [-0.1, -0.05) is 42.5 Å². The quantitative estimate of drug-likeness (QED) is 0.311. The molecular formula is C27H28ClFN6O2. The molecule has 37 heavy (non-hydrogen) atoms. The van der Waals surface area contributed by atoms with E-state index in [0.717, 1.165) is 5.56 Å². The summed E-state index contributed by atoms with van der Waals surface area (Å²) in [5.74, 6) is -0.335. The summed E-state index contributed by atoms with van der Waals surface area (Å²) in [7, 11) is 1.62. The first-order chi connectivity index (χ1) is 17.5. The molecule has 2 heterocycles. The highest BCUT2D eigenvalue weighted by molar-refractivity contribution is 5.85. The zero-order valence-corrected chi connectivity index (χ0v) is 21.0. The van der Waals surface area contributed by atoms with Crippen molar-refractivity contribution in [3.05, 3.63) is 101 Å². The first-order valence-corrected chi connectivity index (χ1v) is 11.5. The molecule has 4 rings (SSSR count). The summed E-state index contributed by atoms with van der Waals surface area (Å²) in [5, 5.41) is 6.15. The minimum absolute atomic E-state index is 0. The van der Waals surface area contributed by atoms with Crippen LogP contribution in [-0.4, -0.2) is 39.6 Å². The average molecular weight is 523 g/mol. The monoisotopic (exact) mass is 522 g/mol. The van der Waals surface area contributed by atoms with E-state index in [4.69, 9.17) is 10.7 Å². The minimum atomic E-state index is -0.392. The smallest absolute Gasteiger partial charge is 0.263 e. The maximum Gasteiger partial charge on any atom is 0.263 e. The van der Waals surface area contributed by atoms with Crippen LogP contribution in [0, 0.1) is 5.82 Å². The van der Waals surface area contributed by atoms with Gasteiger partial charge in [0.25, 0.3) is 5.56 Å². The van der Waals surface area contributed by atoms with E-state index in [0.29, 0.717) is 41.3 Å². The average Bonchev–Trinajstić information content (AvgIpc) is 2.91. The number of pyridine rings is 1. The Bertz CT molecular complexity index is 1380. The lowest BCUT2D eigenvalue weighted by atomic mass is 10.0. The van der Waals surface area contributed by atoms with Crippen LogP contribution in [0.1, 0.15) is 5.56 Å². The van der Waals surface area contributed by atoms with E-state index in [1.54, 1.807) is 43.7 Å². The lowest BCUT2D eigenvalue weighted by molar-refractivity contribution is -0.120. The third kappa shape index (κ3) is 6.78. The highest BCUT2D eigenvalue weighted by atomic mass is 35.5. The Morgan fingerprint density at radius 1 is 1.03 bits per heavy atom. The van der Waals surface area contributed by atoms with Crippen molar-refractivity contribution in [2.45, 2.75) is 12.5 Å². The van der Waals surface area contributed by atoms with E-state index >= 15 is 0 Å². The zero-order valence-electron chi connectivity index (χ0n) is 20.2. The van der Waals surface area contributed by atoms with Crippen molar-refractivity contribution in [1.29, 1.82) is 0 Å². The number of nitrogens with one attached hydrogen (secondary N) is 2. The summed E-state index contributed by atoms with van der Waals surface area (Å²) >= 11 is 0. The van der Waals surface area contributed by atoms with Crippen LogP contribution in [0.4, 0.5) is 10.3 Å². The number of benzene rings is 2. The van der Waals surface area contributed by atoms with Gasteiger partial charge >= 0.3 is 0 Å². The van der Waals surface area contributed by atoms with E-state index in [1.807, 2.05) is 30.3 Å². The topological polar surface area (TPSA) is 115 Å². The van der Waals surface area contributed by atoms with Crippen LogP contribution in [0.25, 0.3) is 22.4 Å². The van der Waals surface area contributed by atoms with Crippen molar-refractivity contribution in [2.75, 3.05) is 18.4 Å². The predicted molar refractivity (Wildman–Crippen MR) is 145 cm³/mol. The van der Waals surface area contributed by atoms with Crippen molar-refractivity contribution in [3.63, 3.8) is 0 Å². The molecule has 0 saturated carbocycles. The van der Waals surface area contributed by atoms with Crippen molar-refractivity contribution in [3.8, 4) is 22.4 Å². The van der Waals surface area contributed by atoms with Gasteiger partial charge in [0.15, 0.2) is 0 Å². The molecule has 0 fully saturated rings. The lowest BCUT2D eigenvalue weighted by Gasteiger charge is -2.21. The largest absolute Gasteiger partial charge is 0.353 e. The zero-order chi connectivity index (χ0) is 25.5. The van der Waals surface area contributed by atoms with Gasteiger partial charge in [-0.05, 0) is 41.8 Å². The number of anilines is 1. The van der Waals surface area contributed by atoms with Gasteiger partial charge in [0.05, 0.1) is 23.8 Å². The maximum atomic E-state index is 13.6. The number of carbonyl (C=O) groups excluding carboxylic acids is 1. The second-order valence-electron chi connectivity index (χ2n) is 8.31. The molecule has 10 heteroatoms. The number of nitrogens with zero attached hydrogens (tertiary/aromatic N) is 3. The van der Waals surface area contributed by atoms with Crippen molar-refractivity contribution < 1.29 is 9.18 Å². The van der Waals surface area contributed by atoms with Gasteiger partial charge in [-0.25, -0.2) is 9.37 Å². The molecular weight excluding hydrogens is 495 g/mol. The third-order valence-electron chi connectivity index (χ3n) is 5.76. The van der Waals surface area contributed by atoms with E-state index in [1.165, 1.54) is 16.7 Å². The predicted octanol–water partition coefficient (Wildman–Crippen LogP) is 3.17. The highest BCUT2D eigenvalue weighted by Gasteiger charge is 2.19. The van der Waals surface area contributed by atoms with E-state index in [-0.39, 0.29) is 36.5 Å². The number of nitrogens with two attached hydrogens (primary N) is 1. The first-order valence-electron chi connectivity index (χ1n) is 11.5. The molecule has 0 bridgehead atoms. The molecule has 0 unspecified atom stereocenters. The molecule has 1 atom stereocenters. The number of amides is 1. The number of carbonyl (C=O) groups is 1. The normalized spacial score (nSPS) is 11.3. The van der Waals surface area contributed by atoms with Crippen LogP contribution in [0.15, 0.2) is 83.9 Å². The van der Waals surface area contributed by atoms with Crippen LogP contribution >= 0.6 is 12.4 Å². The molecule has 0 aliphatic carbocycles. The first kappa shape index (κ1) is 27.5. The molecule has 0 saturated heterocycles. The van der Waals surface area contributed by atoms with Gasteiger partial charge in [-0.2, -0.15) is 0 Å². The molecule has 0 aliphatic heterocycles. The minimum Gasteiger partial charge on any atom is -0.353 e. The van der Waals surface area contributed by atoms with Gasteiger partial charge in [-0.15, -0.1) is 12.4 Å². The standard InChI is InChI=1S/C27H27FN6O2.ClH/c1-34-26(36)24(19-7-9-21(28)10-8-19)25(20-11-13-30-14-12-20)33-27(34)31-17-22(32-23(35)16-29)15-18-5-3-2-4-6-18;/h2-14,22H,15-17,29H2,1H3,(H,31,33)(H,32,35);1H/t22-;/m0./s1. The van der Waals surface area contributed by atoms with Crippen molar-refractivity contribution >= 4 is 24.3 Å². The van der Waals surface area contributed by atoms with E-state index in [9.17, 15) is 14.0 Å². The van der Waals surface area contributed by atoms with Gasteiger partial charge < -0.3 is 16.4 Å². The van der Waals surface area contributed by atoms with Gasteiger partial charge in [0.2, 0.25) is 11.9 Å². The fraction of sp³-hybridized carbons (Fsp3) is 0.185. The Labute approximate surface area is 220 Å². The Morgan fingerprint density at radius 2 is 1.70 bits per heavy atom. The molecule has 192 valence electrons. The van der Waals surface area contributed by atoms with Crippen molar-refractivity contribution in [1.82, 2.24) is 19.9 Å². The Balaban J connectivity index is 0.00000380. The molecule has 0 spiro atoms. The van der Waals surface area contributed by atoms with Crippen LogP contribution in [0.2, 0.25) is 0 Å². The molecule has 4 N–H and O–H groups in total. The number of halogens is 2. The van der Waals surface area contributed by atoms with E-state index < -0.39 is 5.82 Å². The van der Waals surface area contributed by atoms with Crippen LogP contribution in [-0.2, 0) is 18.3 Å². The summed E-state index contributed by atoms with van der Waals surface area (Å²) in [6, 6.07) is 18.7. The SMILES string of the molecule is Cl.Cn1c(NC[C@H](Cc2ccccc2)NC(=O)CN)nc(-c2ccncc2)c(-c2ccc(F)cc2)c1=O. The van der Waals surface area contributed by atoms with Gasteiger partial charge in [0, 0.05) is 31.5 Å². The summed E-state index contributed by atoms with van der Waals surface area (Å²) in [6.45, 7) is 0.188. The van der Waals surface area contributed by atoms with Crippen LogP contribution in [0.3, 0.4) is 0 Å². The molecule has 2 aromatic carbocycles. The number of rotatable bonds is 9. The molecule has 0 aliphatic rings. The molecule has 4 aromatic rings. The Kier molecular flexibility index (Phi) is 9.48. The molecule has 8 nitrogen and oxygen atoms in total. The second-order valence-corrected chi connectivity index (χ2v) is 8.31. The number of aromatic nitrogens is 3. The molecule has 2 aromatic heterocycles. The lowest BCUT2D eigenvalue weighted by Crippen LogP contribution is -2.44. The Morgan fingerprint density at radius 3 is 2.35 bits per heavy atom. The Hall–Kier alpha value is -4.08. The second kappa shape index (κ2) is 12.8. The number of hydrogen-bond acceptors (Lipinski definition) is 6.